The van der Waals surface area contributed by atoms with Crippen molar-refractivity contribution in [3.05, 3.63) is 33.7 Å². The van der Waals surface area contributed by atoms with Crippen molar-refractivity contribution in [2.75, 3.05) is 0 Å². The molecule has 6 heteroatoms. The lowest BCUT2D eigenvalue weighted by atomic mass is 10.2. The highest BCUT2D eigenvalue weighted by atomic mass is 16.2. The lowest BCUT2D eigenvalue weighted by Crippen LogP contribution is -2.37. The lowest BCUT2D eigenvalue weighted by Gasteiger charge is -2.08. The third-order valence-electron chi connectivity index (χ3n) is 1.98. The van der Waals surface area contributed by atoms with Gasteiger partial charge in [0, 0.05) is 5.69 Å². The van der Waals surface area contributed by atoms with Crippen LogP contribution in [0, 0.1) is 18.3 Å². The van der Waals surface area contributed by atoms with E-state index in [9.17, 15) is 9.59 Å². The van der Waals surface area contributed by atoms with Crippen LogP contribution >= 0.6 is 0 Å². The summed E-state index contributed by atoms with van der Waals surface area (Å²) in [6, 6.07) is 4.78. The van der Waals surface area contributed by atoms with Crippen LogP contribution < -0.4 is 16.8 Å². The standard InChI is InChI=1S/C9H10N4O2/c1-6-2-3-7(4-10)9(15)13(6)5-8(14)12-11/h2-3H,5,11H2,1H3,(H,12,14). The molecule has 1 heterocycles. The Hall–Kier alpha value is -2.13. The summed E-state index contributed by atoms with van der Waals surface area (Å²) < 4.78 is 1.20. The van der Waals surface area contributed by atoms with Crippen LogP contribution in [0.15, 0.2) is 16.9 Å². The Balaban J connectivity index is 3.23. The van der Waals surface area contributed by atoms with Gasteiger partial charge in [0.15, 0.2) is 0 Å². The number of pyridine rings is 1. The van der Waals surface area contributed by atoms with Gasteiger partial charge in [-0.05, 0) is 19.1 Å². The molecule has 0 unspecified atom stereocenters. The third-order valence-corrected chi connectivity index (χ3v) is 1.98. The number of carbonyl (C=O) groups excluding carboxylic acids is 1. The van der Waals surface area contributed by atoms with Crippen LogP contribution in [0.1, 0.15) is 11.3 Å². The maximum absolute atomic E-state index is 11.6. The summed E-state index contributed by atoms with van der Waals surface area (Å²) in [6.07, 6.45) is 0. The van der Waals surface area contributed by atoms with Crippen molar-refractivity contribution in [3.63, 3.8) is 0 Å². The number of nitrogens with zero attached hydrogens (tertiary/aromatic N) is 2. The fourth-order valence-electron chi connectivity index (χ4n) is 1.14. The van der Waals surface area contributed by atoms with Gasteiger partial charge in [-0.1, -0.05) is 0 Å². The van der Waals surface area contributed by atoms with Crippen molar-refractivity contribution in [1.29, 1.82) is 5.26 Å². The molecule has 1 amide bonds. The molecule has 0 bridgehead atoms. The number of aryl methyl sites for hydroxylation is 1. The molecule has 0 atom stereocenters. The molecule has 0 spiro atoms. The number of hydrazine groups is 1. The summed E-state index contributed by atoms with van der Waals surface area (Å²) in [7, 11) is 0. The van der Waals surface area contributed by atoms with Crippen LogP contribution in [0.3, 0.4) is 0 Å². The van der Waals surface area contributed by atoms with Crippen LogP contribution in [-0.2, 0) is 11.3 Å². The van der Waals surface area contributed by atoms with Crippen LogP contribution in [0.4, 0.5) is 0 Å². The number of hydrogen-bond donors (Lipinski definition) is 2. The first kappa shape index (κ1) is 10.9. The topological polar surface area (TPSA) is 101 Å². The largest absolute Gasteiger partial charge is 0.302 e. The number of nitriles is 1. The number of amides is 1. The van der Waals surface area contributed by atoms with Crippen LogP contribution in [0.25, 0.3) is 0 Å². The van der Waals surface area contributed by atoms with E-state index >= 15 is 0 Å². The number of aromatic nitrogens is 1. The van der Waals surface area contributed by atoms with Gasteiger partial charge in [-0.15, -0.1) is 0 Å². The molecule has 0 radical (unpaired) electrons. The predicted molar refractivity (Wildman–Crippen MR) is 52.5 cm³/mol. The average molecular weight is 206 g/mol. The van der Waals surface area contributed by atoms with E-state index in [-0.39, 0.29) is 12.1 Å². The molecule has 0 saturated heterocycles. The zero-order valence-electron chi connectivity index (χ0n) is 8.15. The third kappa shape index (κ3) is 2.21. The molecule has 0 fully saturated rings. The number of rotatable bonds is 2. The monoisotopic (exact) mass is 206 g/mol. The van der Waals surface area contributed by atoms with Crippen molar-refractivity contribution in [1.82, 2.24) is 9.99 Å². The molecule has 3 N–H and O–H groups in total. The Kier molecular flexibility index (Phi) is 3.21. The first-order valence-electron chi connectivity index (χ1n) is 4.20. The normalized spacial score (nSPS) is 9.40. The van der Waals surface area contributed by atoms with Crippen molar-refractivity contribution < 1.29 is 4.79 Å². The van der Waals surface area contributed by atoms with Crippen LogP contribution in [-0.4, -0.2) is 10.5 Å². The number of nitrogens with one attached hydrogen (secondary N) is 1. The molecule has 15 heavy (non-hydrogen) atoms. The Bertz CT molecular complexity index is 484. The summed E-state index contributed by atoms with van der Waals surface area (Å²) in [5.74, 6) is 4.42. The second-order valence-corrected chi connectivity index (χ2v) is 2.96. The second kappa shape index (κ2) is 4.39. The molecule has 1 aromatic heterocycles. The van der Waals surface area contributed by atoms with E-state index < -0.39 is 11.5 Å². The van der Waals surface area contributed by atoms with E-state index in [2.05, 4.69) is 0 Å². The van der Waals surface area contributed by atoms with Gasteiger partial charge in [0.2, 0.25) is 0 Å². The van der Waals surface area contributed by atoms with Crippen molar-refractivity contribution >= 4 is 5.91 Å². The Morgan fingerprint density at radius 3 is 2.87 bits per heavy atom. The molecule has 0 saturated carbocycles. The van der Waals surface area contributed by atoms with E-state index in [1.54, 1.807) is 19.1 Å². The van der Waals surface area contributed by atoms with Gasteiger partial charge in [-0.2, -0.15) is 5.26 Å². The highest BCUT2D eigenvalue weighted by molar-refractivity contribution is 5.75. The quantitative estimate of drug-likeness (QED) is 0.369. The fourth-order valence-corrected chi connectivity index (χ4v) is 1.14. The number of nitrogens with two attached hydrogens (primary N) is 1. The molecule has 1 rings (SSSR count). The molecular weight excluding hydrogens is 196 g/mol. The molecule has 0 aliphatic carbocycles. The molecule has 78 valence electrons. The van der Waals surface area contributed by atoms with Gasteiger partial charge in [0.05, 0.1) is 0 Å². The van der Waals surface area contributed by atoms with Gasteiger partial charge in [0.25, 0.3) is 11.5 Å². The maximum atomic E-state index is 11.6. The van der Waals surface area contributed by atoms with Gasteiger partial charge in [-0.25, -0.2) is 5.84 Å². The zero-order chi connectivity index (χ0) is 11.4. The molecule has 6 nitrogen and oxygen atoms in total. The van der Waals surface area contributed by atoms with Crippen LogP contribution in [0.2, 0.25) is 0 Å². The first-order valence-corrected chi connectivity index (χ1v) is 4.20. The summed E-state index contributed by atoms with van der Waals surface area (Å²) in [4.78, 5) is 22.6. The Morgan fingerprint density at radius 1 is 1.67 bits per heavy atom. The minimum Gasteiger partial charge on any atom is -0.302 e. The average Bonchev–Trinajstić information content (AvgIpc) is 2.24. The highest BCUT2D eigenvalue weighted by Gasteiger charge is 2.08. The number of carbonyl (C=O) groups is 1. The van der Waals surface area contributed by atoms with Crippen molar-refractivity contribution in [2.45, 2.75) is 13.5 Å². The molecular formula is C9H10N4O2. The van der Waals surface area contributed by atoms with Gasteiger partial charge in [-0.3, -0.25) is 15.0 Å². The summed E-state index contributed by atoms with van der Waals surface area (Å²) in [5.41, 5.74) is 2.04. The van der Waals surface area contributed by atoms with E-state index in [4.69, 9.17) is 11.1 Å². The van der Waals surface area contributed by atoms with Crippen molar-refractivity contribution in [3.8, 4) is 6.07 Å². The smallest absolute Gasteiger partial charge is 0.269 e. The van der Waals surface area contributed by atoms with Crippen LogP contribution in [0.5, 0.6) is 0 Å². The minimum atomic E-state index is -0.490. The minimum absolute atomic E-state index is 0.00502. The van der Waals surface area contributed by atoms with Gasteiger partial charge >= 0.3 is 0 Å². The Labute approximate surface area is 85.9 Å². The summed E-state index contributed by atoms with van der Waals surface area (Å²) >= 11 is 0. The van der Waals surface area contributed by atoms with E-state index in [0.29, 0.717) is 5.69 Å². The van der Waals surface area contributed by atoms with E-state index in [1.807, 2.05) is 5.43 Å². The number of hydrogen-bond acceptors (Lipinski definition) is 4. The maximum Gasteiger partial charge on any atom is 0.269 e. The van der Waals surface area contributed by atoms with Gasteiger partial charge < -0.3 is 4.57 Å². The fraction of sp³-hybridized carbons (Fsp3) is 0.222. The van der Waals surface area contributed by atoms with Crippen molar-refractivity contribution in [2.24, 2.45) is 5.84 Å². The molecule has 0 aliphatic heterocycles. The lowest BCUT2D eigenvalue weighted by molar-refractivity contribution is -0.121. The Morgan fingerprint density at radius 2 is 2.33 bits per heavy atom. The molecule has 1 aromatic rings. The van der Waals surface area contributed by atoms with Gasteiger partial charge in [0.1, 0.15) is 18.2 Å². The SMILES string of the molecule is Cc1ccc(C#N)c(=O)n1CC(=O)NN. The first-order chi connectivity index (χ1) is 7.10. The molecule has 0 aromatic carbocycles. The second-order valence-electron chi connectivity index (χ2n) is 2.96. The van der Waals surface area contributed by atoms with E-state index in [0.717, 1.165) is 0 Å². The summed E-state index contributed by atoms with van der Waals surface area (Å²) in [6.45, 7) is 1.49. The summed E-state index contributed by atoms with van der Waals surface area (Å²) in [5, 5.41) is 8.64. The molecule has 0 aliphatic rings. The predicted octanol–water partition coefficient (Wildman–Crippen LogP) is -0.982. The zero-order valence-corrected chi connectivity index (χ0v) is 8.15. The van der Waals surface area contributed by atoms with E-state index in [1.165, 1.54) is 10.6 Å². The highest BCUT2D eigenvalue weighted by Crippen LogP contribution is 1.97.